The van der Waals surface area contributed by atoms with Crippen LogP contribution in [0.25, 0.3) is 0 Å². The molecule has 10 atom stereocenters. The van der Waals surface area contributed by atoms with E-state index in [1.165, 1.54) is 31.2 Å². The van der Waals surface area contributed by atoms with Crippen molar-refractivity contribution >= 4 is 81.6 Å². The third-order valence-corrected chi connectivity index (χ3v) is 22.1. The van der Waals surface area contributed by atoms with Crippen molar-refractivity contribution in [3.63, 3.8) is 0 Å². The molecule has 0 radical (unpaired) electrons. The summed E-state index contributed by atoms with van der Waals surface area (Å²) in [5.41, 5.74) is 3.56. The van der Waals surface area contributed by atoms with Gasteiger partial charge in [0.1, 0.15) is 39.9 Å². The van der Waals surface area contributed by atoms with E-state index < -0.39 is 62.9 Å². The number of amides is 2. The van der Waals surface area contributed by atoms with Gasteiger partial charge in [0.05, 0.1) is 30.0 Å². The fourth-order valence-corrected chi connectivity index (χ4v) is 17.3. The number of rotatable bonds is 8. The topological polar surface area (TPSA) is 286 Å². The number of fused-ring (bicyclic) bond motifs is 6. The molecule has 14 rings (SSSR count). The second-order valence-electron chi connectivity index (χ2n) is 27.0. The van der Waals surface area contributed by atoms with Crippen LogP contribution in [0.4, 0.5) is 20.4 Å². The lowest BCUT2D eigenvalue weighted by molar-refractivity contribution is -0.142. The van der Waals surface area contributed by atoms with Gasteiger partial charge in [-0.25, -0.2) is 28.7 Å². The molecular weight excluding hydrogens is 1230 g/mol. The van der Waals surface area contributed by atoms with E-state index in [4.69, 9.17) is 70.4 Å². The predicted octanol–water partition coefficient (Wildman–Crippen LogP) is 12.8. The molecule has 4 aliphatic carbocycles. The lowest BCUT2D eigenvalue weighted by Gasteiger charge is -2.50. The number of nitrogens with zero attached hydrogens (tertiary/aromatic N) is 8. The monoisotopic (exact) mass is 1300 g/mol. The fraction of sp³-hybridized carbons (Fsp3) is 0.556. The number of anilines is 2. The number of hydrogen-bond donors (Lipinski definition) is 4. The largest absolute Gasteiger partial charge is 0.481 e. The molecule has 26 heteroatoms. The highest BCUT2D eigenvalue weighted by Crippen LogP contribution is 2.74. The average molecular weight is 1300 g/mol. The zero-order chi connectivity index (χ0) is 63.0. The number of aromatic nitrogens is 8. The van der Waals surface area contributed by atoms with Gasteiger partial charge in [0.15, 0.2) is 21.9 Å². The number of carbonyl (C=O) groups excluding carboxylic acids is 3. The third kappa shape index (κ3) is 11.0. The summed E-state index contributed by atoms with van der Waals surface area (Å²) >= 11 is 24.7. The van der Waals surface area contributed by atoms with Crippen molar-refractivity contribution in [3.05, 3.63) is 128 Å². The molecule has 4 spiro atoms. The van der Waals surface area contributed by atoms with Gasteiger partial charge in [-0.2, -0.15) is 0 Å². The number of carbonyl (C=O) groups is 4. The lowest BCUT2D eigenvalue weighted by Crippen LogP contribution is -2.52. The van der Waals surface area contributed by atoms with Gasteiger partial charge in [-0.3, -0.25) is 19.2 Å². The highest BCUT2D eigenvalue weighted by Gasteiger charge is 2.75. The second-order valence-corrected chi connectivity index (χ2v) is 28.5. The molecule has 8 aliphatic rings. The van der Waals surface area contributed by atoms with Crippen molar-refractivity contribution in [2.45, 2.75) is 165 Å². The van der Waals surface area contributed by atoms with Crippen LogP contribution in [0.1, 0.15) is 182 Å². The van der Waals surface area contributed by atoms with Crippen LogP contribution in [0.15, 0.2) is 70.4 Å². The Hall–Kier alpha value is -6.14. The highest BCUT2D eigenvalue weighted by atomic mass is 35.5. The molecule has 0 aromatic carbocycles. The Labute approximate surface area is 532 Å². The molecule has 6 aromatic heterocycles. The summed E-state index contributed by atoms with van der Waals surface area (Å²) < 4.78 is 53.3. The van der Waals surface area contributed by atoms with Crippen LogP contribution >= 0.6 is 46.4 Å². The molecule has 6 fully saturated rings. The summed E-state index contributed by atoms with van der Waals surface area (Å²) in [5.74, 6) is -4.92. The van der Waals surface area contributed by atoms with Gasteiger partial charge in [-0.1, -0.05) is 86.2 Å². The van der Waals surface area contributed by atoms with E-state index in [0.29, 0.717) is 86.3 Å². The van der Waals surface area contributed by atoms with Gasteiger partial charge in [0.2, 0.25) is 36.4 Å². The van der Waals surface area contributed by atoms with Crippen molar-refractivity contribution < 1.29 is 51.4 Å². The zero-order valence-electron chi connectivity index (χ0n) is 49.5. The van der Waals surface area contributed by atoms with E-state index in [2.05, 4.69) is 78.7 Å². The number of carboxylic acids is 1. The zero-order valence-corrected chi connectivity index (χ0v) is 52.6. The molecule has 1 unspecified atom stereocenters. The van der Waals surface area contributed by atoms with Crippen LogP contribution in [-0.4, -0.2) is 88.3 Å². The van der Waals surface area contributed by atoms with Crippen LogP contribution in [0.3, 0.4) is 0 Å². The number of aliphatic carboxylic acids is 1. The van der Waals surface area contributed by atoms with Crippen molar-refractivity contribution in [1.82, 2.24) is 40.3 Å². The Balaban J connectivity index is 0.000000149. The maximum atomic E-state index is 16.1. The SMILES string of the molecule is CC1(C)CCC2(CC1)C[C@@H](C(=O)C[C@@H]1CC[C@@H](c3nnco3)OC1)[C@H](c1ccnc(Cl)c1F)[C@]21C(=O)Nc2nc(Cl)ccc21.CC1(C)CCC2(CC1)C[C@@H](C(=O)O)[C@H](c1ccnc(Cl)c1F)C21C(=O)Nc2nc(Cl)ccc21.N[C@@H]1CC[C@@H](c2nnco2)OC1. The first-order valence-corrected chi connectivity index (χ1v) is 31.8. The minimum absolute atomic E-state index is 0.00330. The first-order chi connectivity index (χ1) is 42.4. The number of ether oxygens (including phenoxy) is 2. The number of nitrogens with two attached hydrogens (primary N) is 1. The van der Waals surface area contributed by atoms with Crippen molar-refractivity contribution in [1.29, 1.82) is 0 Å². The first-order valence-electron chi connectivity index (χ1n) is 30.3. The number of ketones is 1. The third-order valence-electron chi connectivity index (χ3n) is 21.1. The van der Waals surface area contributed by atoms with Gasteiger partial charge in [-0.05, 0) is 153 Å². The Morgan fingerprint density at radius 3 is 1.49 bits per heavy atom. The van der Waals surface area contributed by atoms with Gasteiger partial charge < -0.3 is 39.8 Å². The minimum atomic E-state index is -1.31. The number of carboxylic acid groups (broad SMARTS) is 1. The molecule has 4 aliphatic heterocycles. The van der Waals surface area contributed by atoms with Crippen molar-refractivity contribution in [2.24, 2.45) is 45.1 Å². The van der Waals surface area contributed by atoms with E-state index in [1.54, 1.807) is 24.3 Å². The predicted molar refractivity (Wildman–Crippen MR) is 322 cm³/mol. The Morgan fingerprint density at radius 2 is 1.08 bits per heavy atom. The molecule has 2 saturated heterocycles. The van der Waals surface area contributed by atoms with E-state index in [-0.39, 0.29) is 97.2 Å². The van der Waals surface area contributed by atoms with Crippen molar-refractivity contribution in [3.8, 4) is 0 Å². The molecule has 10 heterocycles. The summed E-state index contributed by atoms with van der Waals surface area (Å²) in [5, 5.41) is 31.1. The Morgan fingerprint density at radius 1 is 0.629 bits per heavy atom. The van der Waals surface area contributed by atoms with Gasteiger partial charge in [0, 0.05) is 53.7 Å². The molecular formula is C63H69Cl4F2N11O9. The molecule has 6 aromatic rings. The van der Waals surface area contributed by atoms with Crippen LogP contribution in [0.5, 0.6) is 0 Å². The second kappa shape index (κ2) is 24.2. The molecule has 4 saturated carbocycles. The molecule has 89 heavy (non-hydrogen) atoms. The molecule has 0 bridgehead atoms. The lowest BCUT2D eigenvalue weighted by atomic mass is 9.51. The summed E-state index contributed by atoms with van der Waals surface area (Å²) in [6.45, 7) is 9.77. The summed E-state index contributed by atoms with van der Waals surface area (Å²) in [4.78, 5) is 72.3. The maximum Gasteiger partial charge on any atom is 0.307 e. The van der Waals surface area contributed by atoms with Crippen LogP contribution in [-0.2, 0) is 39.5 Å². The molecule has 2 amide bonds. The maximum absolute atomic E-state index is 16.1. The number of hydrogen-bond acceptors (Lipinski definition) is 17. The quantitative estimate of drug-likeness (QED) is 0.103. The van der Waals surface area contributed by atoms with E-state index >= 15 is 8.78 Å². The van der Waals surface area contributed by atoms with Crippen molar-refractivity contribution in [2.75, 3.05) is 23.8 Å². The first kappa shape index (κ1) is 63.0. The van der Waals surface area contributed by atoms with Gasteiger partial charge in [-0.15, -0.1) is 20.4 Å². The van der Waals surface area contributed by atoms with E-state index in [9.17, 15) is 24.3 Å². The fourth-order valence-electron chi connectivity index (χ4n) is 16.7. The smallest absolute Gasteiger partial charge is 0.307 e. The number of nitrogens with one attached hydrogen (secondary N) is 2. The number of pyridine rings is 4. The van der Waals surface area contributed by atoms with E-state index in [1.807, 2.05) is 6.07 Å². The Kier molecular flexibility index (Phi) is 17.1. The molecule has 472 valence electrons. The number of halogens is 6. The minimum Gasteiger partial charge on any atom is -0.481 e. The van der Waals surface area contributed by atoms with Gasteiger partial charge >= 0.3 is 5.97 Å². The van der Waals surface area contributed by atoms with Crippen LogP contribution < -0.4 is 16.4 Å². The van der Waals surface area contributed by atoms with Gasteiger partial charge in [0.25, 0.3) is 0 Å². The highest BCUT2D eigenvalue weighted by molar-refractivity contribution is 6.30. The summed E-state index contributed by atoms with van der Waals surface area (Å²) in [6.07, 6.45) is 15.4. The van der Waals surface area contributed by atoms with E-state index in [0.717, 1.165) is 44.9 Å². The standard InChI is InChI=1S/C32H34Cl2FN5O4.C24H24Cl2FN3O3.C7H11N3O2/c1-30(2)8-10-31(11-9-30)14-19(21(41)13-17-3-5-22(43-15-17)28-40-37-16-44-28)24(18-7-12-36-26(34)25(18)35)32(31)20-4-6-23(33)38-27(20)39-29(32)42;1-22(2)6-8-23(9-7-22)11-13(20(31)32)16(12-5-10-28-18(26)17(12)27)24(23)14-3-4-15(25)29-19(14)30-21(24)33;8-5-1-2-6(11-3-5)7-10-9-4-12-7/h4,6-7,12,16-17,19,22,24H,3,5,8-11,13-15H2,1-2H3,(H,38,39,42);3-5,10,13,16H,6-9,11H2,1-2H3,(H,31,32)(H,29,30,33);4-6H,1-3,8H2/t17-,19-,22-,24-,32+;13-,16+,24?;5-,6+/m011/s1. The molecule has 5 N–H and O–H groups in total. The average Bonchev–Trinajstić information content (AvgIpc) is 1.53. The number of Topliss-reactive ketones (excluding diaryl/α,β-unsaturated/α-hetero) is 1. The van der Waals surface area contributed by atoms with Crippen LogP contribution in [0, 0.1) is 51.0 Å². The normalized spacial score (nSPS) is 30.0. The summed E-state index contributed by atoms with van der Waals surface area (Å²) in [6, 6.07) is 10.0. The molecule has 20 nitrogen and oxygen atoms in total. The Bertz CT molecular complexity index is 3660. The summed E-state index contributed by atoms with van der Waals surface area (Å²) in [7, 11) is 0. The van der Waals surface area contributed by atoms with Crippen LogP contribution in [0.2, 0.25) is 20.6 Å².